The minimum absolute atomic E-state index is 0.368. The van der Waals surface area contributed by atoms with E-state index in [1.54, 1.807) is 0 Å². The van der Waals surface area contributed by atoms with Crippen LogP contribution in [0, 0.1) is 0 Å². The SMILES string of the molecule is CN(C)C(S)CCS. The molecule has 0 rings (SSSR count). The largest absolute Gasteiger partial charge is 0.298 e. The molecule has 1 nitrogen and oxygen atoms in total. The monoisotopic (exact) mass is 151 g/mol. The fraction of sp³-hybridized carbons (Fsp3) is 1.00. The molecule has 0 fully saturated rings. The number of nitrogens with zero attached hydrogens (tertiary/aromatic N) is 1. The molecule has 0 amide bonds. The molecule has 0 saturated carbocycles. The van der Waals surface area contributed by atoms with E-state index in [0.29, 0.717) is 5.37 Å². The second-order valence-electron chi connectivity index (χ2n) is 1.96. The van der Waals surface area contributed by atoms with Gasteiger partial charge < -0.3 is 0 Å². The van der Waals surface area contributed by atoms with Crippen LogP contribution in [-0.4, -0.2) is 30.1 Å². The Kier molecular flexibility index (Phi) is 4.90. The summed E-state index contributed by atoms with van der Waals surface area (Å²) in [5.41, 5.74) is 0. The molecular weight excluding hydrogens is 138 g/mol. The third kappa shape index (κ3) is 3.64. The molecule has 0 aliphatic heterocycles. The summed E-state index contributed by atoms with van der Waals surface area (Å²) < 4.78 is 0. The Balaban J connectivity index is 3.17. The van der Waals surface area contributed by atoms with Crippen LogP contribution in [0.2, 0.25) is 0 Å². The molecule has 0 aliphatic carbocycles. The van der Waals surface area contributed by atoms with Crippen LogP contribution in [-0.2, 0) is 0 Å². The van der Waals surface area contributed by atoms with Gasteiger partial charge >= 0.3 is 0 Å². The van der Waals surface area contributed by atoms with Gasteiger partial charge in [0.1, 0.15) is 0 Å². The minimum Gasteiger partial charge on any atom is -0.298 e. The van der Waals surface area contributed by atoms with E-state index in [1.165, 1.54) is 0 Å². The van der Waals surface area contributed by atoms with Gasteiger partial charge in [0.05, 0.1) is 5.37 Å². The molecule has 0 saturated heterocycles. The number of thiol groups is 2. The van der Waals surface area contributed by atoms with Crippen LogP contribution in [0.5, 0.6) is 0 Å². The van der Waals surface area contributed by atoms with E-state index in [2.05, 4.69) is 30.2 Å². The van der Waals surface area contributed by atoms with E-state index in [4.69, 9.17) is 0 Å². The van der Waals surface area contributed by atoms with Crippen LogP contribution in [0.3, 0.4) is 0 Å². The maximum atomic E-state index is 4.28. The lowest BCUT2D eigenvalue weighted by Gasteiger charge is -2.16. The van der Waals surface area contributed by atoms with E-state index in [0.717, 1.165) is 12.2 Å². The highest BCUT2D eigenvalue weighted by Gasteiger charge is 2.01. The summed E-state index contributed by atoms with van der Waals surface area (Å²) in [6.45, 7) is 0. The summed E-state index contributed by atoms with van der Waals surface area (Å²) in [5, 5.41) is 0.368. The summed E-state index contributed by atoms with van der Waals surface area (Å²) in [5.74, 6) is 0.909. The summed E-state index contributed by atoms with van der Waals surface area (Å²) in [7, 11) is 4.03. The molecular formula is C5H13NS2. The zero-order valence-electron chi connectivity index (χ0n) is 5.33. The van der Waals surface area contributed by atoms with Gasteiger partial charge in [-0.1, -0.05) is 0 Å². The van der Waals surface area contributed by atoms with E-state index in [1.807, 2.05) is 14.1 Å². The molecule has 0 spiro atoms. The van der Waals surface area contributed by atoms with Crippen LogP contribution < -0.4 is 0 Å². The zero-order chi connectivity index (χ0) is 6.57. The van der Waals surface area contributed by atoms with Crippen LogP contribution in [0.4, 0.5) is 0 Å². The highest BCUT2D eigenvalue weighted by atomic mass is 32.1. The molecule has 0 N–H and O–H groups in total. The Morgan fingerprint density at radius 3 is 2.12 bits per heavy atom. The van der Waals surface area contributed by atoms with Gasteiger partial charge in [0.2, 0.25) is 0 Å². The Labute approximate surface area is 62.3 Å². The first-order chi connectivity index (χ1) is 3.68. The first-order valence-corrected chi connectivity index (χ1v) is 3.78. The molecule has 1 atom stereocenters. The van der Waals surface area contributed by atoms with Crippen molar-refractivity contribution in [2.24, 2.45) is 0 Å². The van der Waals surface area contributed by atoms with Gasteiger partial charge in [0.25, 0.3) is 0 Å². The third-order valence-corrected chi connectivity index (χ3v) is 1.96. The smallest absolute Gasteiger partial charge is 0.0530 e. The maximum Gasteiger partial charge on any atom is 0.0530 e. The van der Waals surface area contributed by atoms with E-state index in [-0.39, 0.29) is 0 Å². The maximum absolute atomic E-state index is 4.28. The quantitative estimate of drug-likeness (QED) is 0.452. The van der Waals surface area contributed by atoms with Crippen LogP contribution >= 0.6 is 25.3 Å². The van der Waals surface area contributed by atoms with Crippen molar-refractivity contribution in [3.63, 3.8) is 0 Å². The lowest BCUT2D eigenvalue weighted by molar-refractivity contribution is 0.379. The first kappa shape index (κ1) is 8.66. The fourth-order valence-corrected chi connectivity index (χ4v) is 0.951. The van der Waals surface area contributed by atoms with E-state index < -0.39 is 0 Å². The molecule has 3 heteroatoms. The second-order valence-corrected chi connectivity index (χ2v) is 3.00. The average molecular weight is 151 g/mol. The van der Waals surface area contributed by atoms with Gasteiger partial charge in [0.15, 0.2) is 0 Å². The normalized spacial score (nSPS) is 14.6. The Hall–Kier alpha value is 0.660. The number of hydrogen-bond acceptors (Lipinski definition) is 3. The number of rotatable bonds is 3. The summed E-state index contributed by atoms with van der Waals surface area (Å²) in [6, 6.07) is 0. The van der Waals surface area contributed by atoms with Crippen molar-refractivity contribution in [3.8, 4) is 0 Å². The van der Waals surface area contributed by atoms with Crippen molar-refractivity contribution >= 4 is 25.3 Å². The lowest BCUT2D eigenvalue weighted by Crippen LogP contribution is -2.22. The van der Waals surface area contributed by atoms with Crippen molar-refractivity contribution in [1.29, 1.82) is 0 Å². The lowest BCUT2D eigenvalue weighted by atomic mass is 10.4. The minimum atomic E-state index is 0.368. The molecule has 0 aromatic heterocycles. The predicted octanol–water partition coefficient (Wildman–Crippen LogP) is 1.12. The third-order valence-electron chi connectivity index (χ3n) is 0.983. The molecule has 0 heterocycles. The topological polar surface area (TPSA) is 3.24 Å². The van der Waals surface area contributed by atoms with Gasteiger partial charge in [-0.2, -0.15) is 25.3 Å². The first-order valence-electron chi connectivity index (χ1n) is 2.64. The van der Waals surface area contributed by atoms with E-state index >= 15 is 0 Å². The molecule has 0 radical (unpaired) electrons. The van der Waals surface area contributed by atoms with Crippen molar-refractivity contribution in [2.75, 3.05) is 19.8 Å². The van der Waals surface area contributed by atoms with Crippen LogP contribution in [0.15, 0.2) is 0 Å². The van der Waals surface area contributed by atoms with Crippen molar-refractivity contribution < 1.29 is 0 Å². The van der Waals surface area contributed by atoms with Crippen LogP contribution in [0.25, 0.3) is 0 Å². The molecule has 0 aromatic carbocycles. The second kappa shape index (κ2) is 4.53. The van der Waals surface area contributed by atoms with Crippen molar-refractivity contribution in [3.05, 3.63) is 0 Å². The van der Waals surface area contributed by atoms with Gasteiger partial charge in [0, 0.05) is 0 Å². The Morgan fingerprint density at radius 1 is 1.50 bits per heavy atom. The summed E-state index contributed by atoms with van der Waals surface area (Å²) >= 11 is 8.36. The van der Waals surface area contributed by atoms with Crippen LogP contribution in [0.1, 0.15) is 6.42 Å². The molecule has 1 unspecified atom stereocenters. The highest BCUT2D eigenvalue weighted by Crippen LogP contribution is 2.03. The highest BCUT2D eigenvalue weighted by molar-refractivity contribution is 7.81. The van der Waals surface area contributed by atoms with Crippen molar-refractivity contribution in [2.45, 2.75) is 11.8 Å². The standard InChI is InChI=1S/C5H13NS2/c1-6(2)5(8)3-4-7/h5,7-8H,3-4H2,1-2H3. The predicted molar refractivity (Wildman–Crippen MR) is 44.9 cm³/mol. The molecule has 50 valence electrons. The Morgan fingerprint density at radius 2 is 2.00 bits per heavy atom. The molecule has 8 heavy (non-hydrogen) atoms. The van der Waals surface area contributed by atoms with Gasteiger partial charge in [-0.25, -0.2) is 0 Å². The summed E-state index contributed by atoms with van der Waals surface area (Å²) in [4.78, 5) is 2.07. The van der Waals surface area contributed by atoms with Crippen molar-refractivity contribution in [1.82, 2.24) is 4.90 Å². The molecule has 0 aliphatic rings. The zero-order valence-corrected chi connectivity index (χ0v) is 7.12. The molecule has 0 aromatic rings. The number of hydrogen-bond donors (Lipinski definition) is 2. The molecule has 0 bridgehead atoms. The van der Waals surface area contributed by atoms with E-state index in [9.17, 15) is 0 Å². The Bertz CT molecular complexity index is 56.4. The van der Waals surface area contributed by atoms with Gasteiger partial charge in [-0.05, 0) is 26.3 Å². The van der Waals surface area contributed by atoms with Gasteiger partial charge in [-0.15, -0.1) is 0 Å². The van der Waals surface area contributed by atoms with Gasteiger partial charge in [-0.3, -0.25) is 4.90 Å². The summed E-state index contributed by atoms with van der Waals surface area (Å²) in [6.07, 6.45) is 1.04. The average Bonchev–Trinajstić information content (AvgIpc) is 1.67. The fourth-order valence-electron chi connectivity index (χ4n) is 0.374.